The lowest BCUT2D eigenvalue weighted by Crippen LogP contribution is -2.36. The summed E-state index contributed by atoms with van der Waals surface area (Å²) in [4.78, 5) is 0. The largest absolute Gasteiger partial charge is 0.381 e. The Labute approximate surface area is 90.7 Å². The fraction of sp³-hybridized carbons (Fsp3) is 0.889. The molecule has 1 atom stereocenters. The highest BCUT2D eigenvalue weighted by Gasteiger charge is 2.22. The van der Waals surface area contributed by atoms with Crippen LogP contribution in [-0.4, -0.2) is 45.3 Å². The number of rotatable bonds is 4. The molecule has 0 aromatic heterocycles. The van der Waals surface area contributed by atoms with Crippen molar-refractivity contribution >= 4 is 10.0 Å². The number of nitriles is 1. The molecule has 1 rings (SSSR count). The standard InChI is InChI=1S/C9H16N2O3S/c1-11(15(12,13)6-4-10)7-9-3-2-5-14-8-9/h9H,2-3,5-8H2,1H3. The van der Waals surface area contributed by atoms with Crippen LogP contribution in [0.2, 0.25) is 0 Å². The van der Waals surface area contributed by atoms with Crippen LogP contribution in [-0.2, 0) is 14.8 Å². The molecule has 1 fully saturated rings. The van der Waals surface area contributed by atoms with Crippen LogP contribution in [0.25, 0.3) is 0 Å². The molecule has 0 bridgehead atoms. The van der Waals surface area contributed by atoms with Gasteiger partial charge >= 0.3 is 0 Å². The molecule has 1 saturated heterocycles. The van der Waals surface area contributed by atoms with Crippen molar-refractivity contribution in [3.05, 3.63) is 0 Å². The number of hydrogen-bond donors (Lipinski definition) is 0. The van der Waals surface area contributed by atoms with E-state index in [4.69, 9.17) is 10.00 Å². The van der Waals surface area contributed by atoms with Gasteiger partial charge in [0.25, 0.3) is 0 Å². The molecule has 1 aliphatic heterocycles. The normalized spacial score (nSPS) is 22.6. The number of sulfonamides is 1. The molecule has 15 heavy (non-hydrogen) atoms. The van der Waals surface area contributed by atoms with Crippen LogP contribution < -0.4 is 0 Å². The summed E-state index contributed by atoms with van der Waals surface area (Å²) in [5, 5.41) is 8.38. The molecule has 0 saturated carbocycles. The van der Waals surface area contributed by atoms with Gasteiger partial charge in [-0.3, -0.25) is 0 Å². The van der Waals surface area contributed by atoms with Crippen LogP contribution in [0.15, 0.2) is 0 Å². The van der Waals surface area contributed by atoms with Crippen LogP contribution in [0.3, 0.4) is 0 Å². The van der Waals surface area contributed by atoms with E-state index < -0.39 is 15.8 Å². The van der Waals surface area contributed by atoms with Crippen LogP contribution in [0, 0.1) is 17.2 Å². The Morgan fingerprint density at radius 2 is 2.33 bits per heavy atom. The fourth-order valence-electron chi connectivity index (χ4n) is 1.62. The maximum atomic E-state index is 11.5. The first-order valence-corrected chi connectivity index (χ1v) is 6.56. The van der Waals surface area contributed by atoms with Gasteiger partial charge in [0.15, 0.2) is 5.75 Å². The van der Waals surface area contributed by atoms with Crippen LogP contribution in [0.5, 0.6) is 0 Å². The monoisotopic (exact) mass is 232 g/mol. The molecule has 1 unspecified atom stereocenters. The third kappa shape index (κ3) is 3.78. The van der Waals surface area contributed by atoms with Crippen molar-refractivity contribution in [2.75, 3.05) is 32.6 Å². The molecule has 86 valence electrons. The van der Waals surface area contributed by atoms with E-state index in [1.165, 1.54) is 11.4 Å². The van der Waals surface area contributed by atoms with Gasteiger partial charge < -0.3 is 4.74 Å². The molecule has 0 spiro atoms. The van der Waals surface area contributed by atoms with E-state index in [9.17, 15) is 8.42 Å². The molecule has 0 N–H and O–H groups in total. The van der Waals surface area contributed by atoms with Crippen LogP contribution in [0.4, 0.5) is 0 Å². The first kappa shape index (κ1) is 12.4. The van der Waals surface area contributed by atoms with E-state index >= 15 is 0 Å². The zero-order valence-electron chi connectivity index (χ0n) is 8.85. The maximum absolute atomic E-state index is 11.5. The lowest BCUT2D eigenvalue weighted by Gasteiger charge is -2.26. The quantitative estimate of drug-likeness (QED) is 0.694. The summed E-state index contributed by atoms with van der Waals surface area (Å²) in [6, 6.07) is 1.67. The summed E-state index contributed by atoms with van der Waals surface area (Å²) >= 11 is 0. The van der Waals surface area contributed by atoms with Gasteiger partial charge in [-0.25, -0.2) is 12.7 Å². The molecule has 1 heterocycles. The lowest BCUT2D eigenvalue weighted by molar-refractivity contribution is 0.0495. The van der Waals surface area contributed by atoms with Crippen molar-refractivity contribution in [2.24, 2.45) is 5.92 Å². The van der Waals surface area contributed by atoms with E-state index in [0.717, 1.165) is 19.4 Å². The van der Waals surface area contributed by atoms with Crippen molar-refractivity contribution < 1.29 is 13.2 Å². The maximum Gasteiger partial charge on any atom is 0.227 e. The van der Waals surface area contributed by atoms with E-state index in [-0.39, 0.29) is 5.92 Å². The van der Waals surface area contributed by atoms with Crippen molar-refractivity contribution in [1.29, 1.82) is 5.26 Å². The Morgan fingerprint density at radius 1 is 1.60 bits per heavy atom. The third-order valence-electron chi connectivity index (χ3n) is 2.49. The minimum absolute atomic E-state index is 0.261. The molecule has 0 radical (unpaired) electrons. The highest BCUT2D eigenvalue weighted by Crippen LogP contribution is 2.15. The van der Waals surface area contributed by atoms with Gasteiger partial charge in [-0.15, -0.1) is 0 Å². The minimum atomic E-state index is -3.39. The Morgan fingerprint density at radius 3 is 2.87 bits per heavy atom. The summed E-state index contributed by atoms with van der Waals surface area (Å²) in [6.07, 6.45) is 1.98. The van der Waals surface area contributed by atoms with Gasteiger partial charge in [0.05, 0.1) is 12.7 Å². The average Bonchev–Trinajstić information content (AvgIpc) is 2.19. The Hall–Kier alpha value is -0.640. The van der Waals surface area contributed by atoms with E-state index in [2.05, 4.69) is 0 Å². The van der Waals surface area contributed by atoms with Gasteiger partial charge in [0.2, 0.25) is 10.0 Å². The molecule has 0 amide bonds. The lowest BCUT2D eigenvalue weighted by atomic mass is 10.0. The third-order valence-corrected chi connectivity index (χ3v) is 4.08. The van der Waals surface area contributed by atoms with E-state index in [0.29, 0.717) is 13.2 Å². The van der Waals surface area contributed by atoms with Gasteiger partial charge in [0.1, 0.15) is 0 Å². The zero-order chi connectivity index (χ0) is 11.3. The fourth-order valence-corrected chi connectivity index (χ4v) is 2.44. The molecule has 0 aromatic rings. The first-order valence-electron chi connectivity index (χ1n) is 4.95. The second kappa shape index (κ2) is 5.45. The second-order valence-electron chi connectivity index (χ2n) is 3.78. The molecule has 6 heteroatoms. The highest BCUT2D eigenvalue weighted by molar-refractivity contribution is 7.89. The second-order valence-corrected chi connectivity index (χ2v) is 5.85. The Balaban J connectivity index is 2.47. The topological polar surface area (TPSA) is 70.4 Å². The number of nitrogens with zero attached hydrogens (tertiary/aromatic N) is 2. The van der Waals surface area contributed by atoms with Crippen molar-refractivity contribution in [1.82, 2.24) is 4.31 Å². The van der Waals surface area contributed by atoms with Crippen LogP contribution in [0.1, 0.15) is 12.8 Å². The molecule has 0 aromatic carbocycles. The minimum Gasteiger partial charge on any atom is -0.381 e. The van der Waals surface area contributed by atoms with Crippen molar-refractivity contribution in [3.63, 3.8) is 0 Å². The predicted molar refractivity (Wildman–Crippen MR) is 55.6 cm³/mol. The average molecular weight is 232 g/mol. The highest BCUT2D eigenvalue weighted by atomic mass is 32.2. The van der Waals surface area contributed by atoms with Gasteiger partial charge in [-0.2, -0.15) is 5.26 Å². The summed E-state index contributed by atoms with van der Waals surface area (Å²) in [7, 11) is -1.88. The van der Waals surface area contributed by atoms with Gasteiger partial charge in [0, 0.05) is 20.2 Å². The smallest absolute Gasteiger partial charge is 0.227 e. The SMILES string of the molecule is CN(CC1CCCOC1)S(=O)(=O)CC#N. The van der Waals surface area contributed by atoms with Gasteiger partial charge in [-0.05, 0) is 18.8 Å². The Kier molecular flexibility index (Phi) is 4.51. The van der Waals surface area contributed by atoms with Crippen molar-refractivity contribution in [3.8, 4) is 6.07 Å². The van der Waals surface area contributed by atoms with Gasteiger partial charge in [-0.1, -0.05) is 0 Å². The number of hydrogen-bond acceptors (Lipinski definition) is 4. The summed E-state index contributed by atoms with van der Waals surface area (Å²) in [6.45, 7) is 1.83. The molecule has 5 nitrogen and oxygen atoms in total. The van der Waals surface area contributed by atoms with Crippen LogP contribution >= 0.6 is 0 Å². The summed E-state index contributed by atoms with van der Waals surface area (Å²) in [5.74, 6) is -0.186. The Bertz CT molecular complexity index is 328. The van der Waals surface area contributed by atoms with E-state index in [1.807, 2.05) is 0 Å². The first-order chi connectivity index (χ1) is 7.06. The summed E-state index contributed by atoms with van der Waals surface area (Å²) < 4.78 is 29.5. The molecular weight excluding hydrogens is 216 g/mol. The number of ether oxygens (including phenoxy) is 1. The van der Waals surface area contributed by atoms with Crippen molar-refractivity contribution in [2.45, 2.75) is 12.8 Å². The molecular formula is C9H16N2O3S. The predicted octanol–water partition coefficient (Wildman–Crippen LogP) is 0.198. The zero-order valence-corrected chi connectivity index (χ0v) is 9.66. The molecule has 1 aliphatic rings. The van der Waals surface area contributed by atoms with E-state index in [1.54, 1.807) is 6.07 Å². The molecule has 0 aliphatic carbocycles. The summed E-state index contributed by atoms with van der Waals surface area (Å²) in [5.41, 5.74) is 0.